The summed E-state index contributed by atoms with van der Waals surface area (Å²) in [5.74, 6) is -6.00. The first kappa shape index (κ1) is 26.5. The van der Waals surface area contributed by atoms with Gasteiger partial charge in [0.05, 0.1) is 19.4 Å². The number of aliphatic carboxylic acids is 2. The van der Waals surface area contributed by atoms with Crippen LogP contribution in [0, 0.1) is 5.92 Å². The van der Waals surface area contributed by atoms with Gasteiger partial charge in [0.15, 0.2) is 0 Å². The average Bonchev–Trinajstić information content (AvgIpc) is 3.22. The van der Waals surface area contributed by atoms with Crippen molar-refractivity contribution in [2.24, 2.45) is 11.7 Å². The summed E-state index contributed by atoms with van der Waals surface area (Å²) in [6.45, 7) is 2.52. The Morgan fingerprint density at radius 3 is 2.12 bits per heavy atom. The number of aliphatic hydroxyl groups is 1. The lowest BCUT2D eigenvalue weighted by atomic mass is 10.0. The minimum atomic E-state index is -1.62. The quantitative estimate of drug-likeness (QED) is 0.149. The number of nitrogens with zero attached hydrogens (tertiary/aromatic N) is 1. The van der Waals surface area contributed by atoms with Gasteiger partial charge in [-0.1, -0.05) is 13.8 Å². The van der Waals surface area contributed by atoms with Crippen LogP contribution in [0.4, 0.5) is 0 Å². The third-order valence-electron chi connectivity index (χ3n) is 4.39. The number of aromatic amines is 1. The molecule has 0 saturated carbocycles. The molecular weight excluding hydrogens is 428 g/mol. The molecule has 0 aromatic carbocycles. The van der Waals surface area contributed by atoms with E-state index in [4.69, 9.17) is 15.9 Å². The minimum Gasteiger partial charge on any atom is -0.481 e. The van der Waals surface area contributed by atoms with Crippen molar-refractivity contribution in [1.29, 1.82) is 0 Å². The molecule has 0 spiro atoms. The standard InChI is InChI=1S/C18H28N6O8/c1-8(2)14(24-15(28)10(19)6-25)17(30)22-11(4-13(26)27)16(29)23-12(18(31)32)3-9-5-20-7-21-9/h5,7-8,10-12,14,25H,3-4,6,19H2,1-2H3,(H,20,21)(H,22,30)(H,23,29)(H,24,28)(H,26,27)(H,31,32). The Morgan fingerprint density at radius 2 is 1.66 bits per heavy atom. The highest BCUT2D eigenvalue weighted by Gasteiger charge is 2.32. The number of carbonyl (C=O) groups is 5. The highest BCUT2D eigenvalue weighted by molar-refractivity contribution is 5.95. The van der Waals surface area contributed by atoms with Crippen molar-refractivity contribution in [3.8, 4) is 0 Å². The molecule has 1 aromatic heterocycles. The highest BCUT2D eigenvalue weighted by atomic mass is 16.4. The summed E-state index contributed by atoms with van der Waals surface area (Å²) in [5, 5.41) is 34.2. The van der Waals surface area contributed by atoms with E-state index in [0.717, 1.165) is 0 Å². The number of hydrogen-bond acceptors (Lipinski definition) is 8. The number of carboxylic acid groups (broad SMARTS) is 2. The van der Waals surface area contributed by atoms with Gasteiger partial charge in [0.2, 0.25) is 17.7 Å². The molecule has 0 bridgehead atoms. The molecule has 32 heavy (non-hydrogen) atoms. The number of amides is 3. The third kappa shape index (κ3) is 8.31. The third-order valence-corrected chi connectivity index (χ3v) is 4.39. The van der Waals surface area contributed by atoms with Gasteiger partial charge in [0.25, 0.3) is 0 Å². The fraction of sp³-hybridized carbons (Fsp3) is 0.556. The molecule has 0 aliphatic rings. The molecule has 0 aliphatic heterocycles. The van der Waals surface area contributed by atoms with Crippen molar-refractivity contribution in [3.05, 3.63) is 18.2 Å². The normalized spacial score (nSPS) is 14.7. The van der Waals surface area contributed by atoms with Gasteiger partial charge in [0, 0.05) is 18.3 Å². The average molecular weight is 456 g/mol. The summed E-state index contributed by atoms with van der Waals surface area (Å²) in [6.07, 6.45) is 1.71. The van der Waals surface area contributed by atoms with Gasteiger partial charge >= 0.3 is 11.9 Å². The van der Waals surface area contributed by atoms with Crippen molar-refractivity contribution in [1.82, 2.24) is 25.9 Å². The Labute approximate surface area is 183 Å². The molecule has 178 valence electrons. The van der Waals surface area contributed by atoms with Crippen molar-refractivity contribution in [3.63, 3.8) is 0 Å². The lowest BCUT2D eigenvalue weighted by molar-refractivity contribution is -0.143. The Morgan fingerprint density at radius 1 is 1.03 bits per heavy atom. The molecular formula is C18H28N6O8. The molecule has 0 fully saturated rings. The van der Waals surface area contributed by atoms with Crippen LogP contribution in [0.3, 0.4) is 0 Å². The molecule has 3 amide bonds. The van der Waals surface area contributed by atoms with E-state index in [-0.39, 0.29) is 6.42 Å². The molecule has 4 unspecified atom stereocenters. The number of H-pyrrole nitrogens is 1. The molecule has 0 aliphatic carbocycles. The SMILES string of the molecule is CC(C)C(NC(=O)C(N)CO)C(=O)NC(CC(=O)O)C(=O)NC(Cc1cnc[nH]1)C(=O)O. The summed E-state index contributed by atoms with van der Waals surface area (Å²) in [6, 6.07) is -5.50. The van der Waals surface area contributed by atoms with E-state index < -0.39 is 72.8 Å². The predicted octanol–water partition coefficient (Wildman–Crippen LogP) is -3.06. The van der Waals surface area contributed by atoms with E-state index in [1.54, 1.807) is 13.8 Å². The van der Waals surface area contributed by atoms with Crippen LogP contribution in [0.25, 0.3) is 0 Å². The molecule has 14 nitrogen and oxygen atoms in total. The first-order valence-electron chi connectivity index (χ1n) is 9.65. The fourth-order valence-corrected chi connectivity index (χ4v) is 2.61. The molecule has 1 rings (SSSR count). The second-order valence-electron chi connectivity index (χ2n) is 7.36. The second kappa shape index (κ2) is 12.4. The van der Waals surface area contributed by atoms with E-state index >= 15 is 0 Å². The van der Waals surface area contributed by atoms with Crippen LogP contribution < -0.4 is 21.7 Å². The Bertz CT molecular complexity index is 812. The molecule has 1 heterocycles. The number of hydrogen-bond donors (Lipinski definition) is 8. The van der Waals surface area contributed by atoms with Crippen molar-refractivity contribution in [2.45, 2.75) is 50.9 Å². The molecule has 9 N–H and O–H groups in total. The van der Waals surface area contributed by atoms with Gasteiger partial charge in [-0.05, 0) is 5.92 Å². The van der Waals surface area contributed by atoms with Crippen molar-refractivity contribution < 1.29 is 39.3 Å². The van der Waals surface area contributed by atoms with E-state index in [2.05, 4.69) is 25.9 Å². The van der Waals surface area contributed by atoms with Gasteiger partial charge in [-0.2, -0.15) is 0 Å². The van der Waals surface area contributed by atoms with E-state index in [1.165, 1.54) is 12.5 Å². The van der Waals surface area contributed by atoms with Gasteiger partial charge in [-0.15, -0.1) is 0 Å². The lowest BCUT2D eigenvalue weighted by Gasteiger charge is -2.26. The smallest absolute Gasteiger partial charge is 0.326 e. The topological polar surface area (TPSA) is 237 Å². The zero-order chi connectivity index (χ0) is 24.4. The predicted molar refractivity (Wildman–Crippen MR) is 108 cm³/mol. The maximum absolute atomic E-state index is 12.7. The number of aromatic nitrogens is 2. The minimum absolute atomic E-state index is 0.154. The largest absolute Gasteiger partial charge is 0.481 e. The lowest BCUT2D eigenvalue weighted by Crippen LogP contribution is -2.59. The van der Waals surface area contributed by atoms with Crippen LogP contribution in [0.1, 0.15) is 26.0 Å². The molecule has 0 radical (unpaired) electrons. The van der Waals surface area contributed by atoms with E-state index in [1.807, 2.05) is 0 Å². The summed E-state index contributed by atoms with van der Waals surface area (Å²) < 4.78 is 0. The second-order valence-corrected chi connectivity index (χ2v) is 7.36. The first-order valence-corrected chi connectivity index (χ1v) is 9.65. The molecule has 14 heteroatoms. The summed E-state index contributed by atoms with van der Waals surface area (Å²) >= 11 is 0. The summed E-state index contributed by atoms with van der Waals surface area (Å²) in [5.41, 5.74) is 5.84. The van der Waals surface area contributed by atoms with Crippen molar-refractivity contribution in [2.75, 3.05) is 6.61 Å². The Kier molecular flexibility index (Phi) is 10.2. The monoisotopic (exact) mass is 456 g/mol. The van der Waals surface area contributed by atoms with Gasteiger partial charge in [-0.3, -0.25) is 19.2 Å². The number of imidazole rings is 1. The molecule has 1 aromatic rings. The zero-order valence-electron chi connectivity index (χ0n) is 17.6. The van der Waals surface area contributed by atoms with E-state index in [9.17, 15) is 29.1 Å². The first-order chi connectivity index (χ1) is 15.0. The van der Waals surface area contributed by atoms with Gasteiger partial charge in [-0.25, -0.2) is 9.78 Å². The molecule has 0 saturated heterocycles. The van der Waals surface area contributed by atoms with Gasteiger partial charge in [0.1, 0.15) is 24.2 Å². The number of aliphatic hydroxyl groups excluding tert-OH is 1. The maximum atomic E-state index is 12.7. The number of nitrogens with one attached hydrogen (secondary N) is 4. The molecule has 4 atom stereocenters. The van der Waals surface area contributed by atoms with Crippen LogP contribution in [0.15, 0.2) is 12.5 Å². The van der Waals surface area contributed by atoms with Crippen molar-refractivity contribution >= 4 is 29.7 Å². The van der Waals surface area contributed by atoms with Crippen LogP contribution >= 0.6 is 0 Å². The zero-order valence-corrected chi connectivity index (χ0v) is 17.6. The van der Waals surface area contributed by atoms with Crippen LogP contribution in [-0.4, -0.2) is 85.7 Å². The van der Waals surface area contributed by atoms with Crippen LogP contribution in [0.2, 0.25) is 0 Å². The Balaban J connectivity index is 2.95. The summed E-state index contributed by atoms with van der Waals surface area (Å²) in [7, 11) is 0. The Hall–Kier alpha value is -3.52. The van der Waals surface area contributed by atoms with Crippen LogP contribution in [-0.2, 0) is 30.4 Å². The summed E-state index contributed by atoms with van der Waals surface area (Å²) in [4.78, 5) is 66.4. The van der Waals surface area contributed by atoms with Gasteiger partial charge < -0.3 is 42.0 Å². The number of carboxylic acids is 2. The number of nitrogens with two attached hydrogens (primary N) is 1. The highest BCUT2D eigenvalue weighted by Crippen LogP contribution is 2.06. The maximum Gasteiger partial charge on any atom is 0.326 e. The van der Waals surface area contributed by atoms with Crippen LogP contribution in [0.5, 0.6) is 0 Å². The number of rotatable bonds is 13. The fourth-order valence-electron chi connectivity index (χ4n) is 2.61. The number of carbonyl (C=O) groups excluding carboxylic acids is 3. The van der Waals surface area contributed by atoms with E-state index in [0.29, 0.717) is 5.69 Å².